The highest BCUT2D eigenvalue weighted by atomic mass is 35.5. The zero-order valence-electron chi connectivity index (χ0n) is 14.2. The van der Waals surface area contributed by atoms with E-state index in [4.69, 9.17) is 11.6 Å². The Bertz CT molecular complexity index is 923. The van der Waals surface area contributed by atoms with Gasteiger partial charge in [0.1, 0.15) is 0 Å². The molecule has 3 rings (SSSR count). The van der Waals surface area contributed by atoms with Gasteiger partial charge in [-0.2, -0.15) is 5.10 Å². The molecule has 27 heavy (non-hydrogen) atoms. The van der Waals surface area contributed by atoms with Crippen LogP contribution in [0.1, 0.15) is 16.0 Å². The minimum absolute atomic E-state index is 0.170. The Kier molecular flexibility index (Phi) is 7.71. The van der Waals surface area contributed by atoms with Crippen LogP contribution in [0, 0.1) is 6.92 Å². The predicted molar refractivity (Wildman–Crippen MR) is 116 cm³/mol. The summed E-state index contributed by atoms with van der Waals surface area (Å²) in [7, 11) is 0. The number of nitrogens with zero attached hydrogens (tertiary/aromatic N) is 3. The number of carbonyl (C=O) groups is 1. The summed E-state index contributed by atoms with van der Waals surface area (Å²) in [5, 5.41) is 15.0. The maximum atomic E-state index is 11.9. The van der Waals surface area contributed by atoms with E-state index in [2.05, 4.69) is 20.7 Å². The summed E-state index contributed by atoms with van der Waals surface area (Å²) in [4.78, 5) is 12.9. The first-order valence-corrected chi connectivity index (χ1v) is 11.8. The zero-order chi connectivity index (χ0) is 19.1. The molecule has 2 heterocycles. The van der Waals surface area contributed by atoms with Crippen LogP contribution in [0.3, 0.4) is 0 Å². The summed E-state index contributed by atoms with van der Waals surface area (Å²) in [6, 6.07) is 9.75. The second-order valence-corrected chi connectivity index (χ2v) is 10.1. The van der Waals surface area contributed by atoms with E-state index in [1.165, 1.54) is 28.7 Å². The highest BCUT2D eigenvalue weighted by Gasteiger charge is 2.08. The average Bonchev–Trinajstić information content (AvgIpc) is 3.29. The highest BCUT2D eigenvalue weighted by molar-refractivity contribution is 8.03. The SMILES string of the molecule is Cc1ccsc1/C=N/NC(=O)CSc1nnc(SCc2ccc(Cl)cc2)s1. The quantitative estimate of drug-likeness (QED) is 0.291. The molecule has 10 heteroatoms. The summed E-state index contributed by atoms with van der Waals surface area (Å²) >= 11 is 11.9. The fourth-order valence-corrected chi connectivity index (χ4v) is 5.56. The molecule has 0 spiro atoms. The van der Waals surface area contributed by atoms with Crippen LogP contribution >= 0.6 is 57.8 Å². The number of thioether (sulfide) groups is 2. The maximum absolute atomic E-state index is 11.9. The third-order valence-electron chi connectivity index (χ3n) is 3.26. The Hall–Kier alpha value is -1.39. The molecule has 0 atom stereocenters. The fourth-order valence-electron chi connectivity index (χ4n) is 1.88. The van der Waals surface area contributed by atoms with Crippen LogP contribution in [-0.4, -0.2) is 28.1 Å². The Morgan fingerprint density at radius 3 is 2.67 bits per heavy atom. The number of thiophene rings is 1. The molecule has 0 aliphatic heterocycles. The summed E-state index contributed by atoms with van der Waals surface area (Å²) in [5.41, 5.74) is 4.85. The van der Waals surface area contributed by atoms with Gasteiger partial charge < -0.3 is 0 Å². The van der Waals surface area contributed by atoms with Crippen molar-refractivity contribution in [2.75, 3.05) is 5.75 Å². The van der Waals surface area contributed by atoms with E-state index in [9.17, 15) is 4.79 Å². The van der Waals surface area contributed by atoms with Crippen molar-refractivity contribution in [2.45, 2.75) is 21.4 Å². The average molecular weight is 455 g/mol. The molecule has 0 unspecified atom stereocenters. The first kappa shape index (κ1) is 20.3. The number of nitrogens with one attached hydrogen (secondary N) is 1. The van der Waals surface area contributed by atoms with Gasteiger partial charge in [0, 0.05) is 15.7 Å². The van der Waals surface area contributed by atoms with Gasteiger partial charge in [-0.05, 0) is 41.6 Å². The molecule has 1 aromatic carbocycles. The van der Waals surface area contributed by atoms with E-state index in [1.54, 1.807) is 29.3 Å². The van der Waals surface area contributed by atoms with Crippen molar-refractivity contribution in [1.82, 2.24) is 15.6 Å². The fraction of sp³-hybridized carbons (Fsp3) is 0.176. The third kappa shape index (κ3) is 6.62. The topological polar surface area (TPSA) is 67.2 Å². The molecular weight excluding hydrogens is 440 g/mol. The van der Waals surface area contributed by atoms with Crippen LogP contribution in [0.4, 0.5) is 0 Å². The van der Waals surface area contributed by atoms with E-state index in [0.29, 0.717) is 0 Å². The summed E-state index contributed by atoms with van der Waals surface area (Å²) < 4.78 is 1.64. The molecule has 0 saturated carbocycles. The normalized spacial score (nSPS) is 11.2. The molecule has 3 aromatic rings. The van der Waals surface area contributed by atoms with Gasteiger partial charge in [-0.3, -0.25) is 4.79 Å². The molecule has 5 nitrogen and oxygen atoms in total. The lowest BCUT2D eigenvalue weighted by molar-refractivity contribution is -0.118. The smallest absolute Gasteiger partial charge is 0.250 e. The number of hydrazone groups is 1. The molecular formula is C17H15ClN4OS4. The molecule has 140 valence electrons. The van der Waals surface area contributed by atoms with Crippen molar-refractivity contribution < 1.29 is 4.79 Å². The zero-order valence-corrected chi connectivity index (χ0v) is 18.2. The molecule has 2 aromatic heterocycles. The Balaban J connectivity index is 1.41. The first-order valence-electron chi connectivity index (χ1n) is 7.79. The van der Waals surface area contributed by atoms with Gasteiger partial charge in [-0.15, -0.1) is 21.5 Å². The predicted octanol–water partition coefficient (Wildman–Crippen LogP) is 5.10. The minimum Gasteiger partial charge on any atom is -0.272 e. The van der Waals surface area contributed by atoms with E-state index < -0.39 is 0 Å². The van der Waals surface area contributed by atoms with Gasteiger partial charge in [0.05, 0.1) is 12.0 Å². The van der Waals surface area contributed by atoms with E-state index in [-0.39, 0.29) is 11.7 Å². The van der Waals surface area contributed by atoms with Crippen LogP contribution in [0.5, 0.6) is 0 Å². The standard InChI is InChI=1S/C17H15ClN4OS4/c1-11-6-7-24-14(11)8-19-20-15(23)10-26-17-22-21-16(27-17)25-9-12-2-4-13(18)5-3-12/h2-8H,9-10H2,1H3,(H,20,23)/b19-8+. The Morgan fingerprint density at radius 2 is 1.96 bits per heavy atom. The molecule has 0 radical (unpaired) electrons. The number of hydrogen-bond acceptors (Lipinski definition) is 8. The lowest BCUT2D eigenvalue weighted by atomic mass is 10.2. The van der Waals surface area contributed by atoms with Gasteiger partial charge in [0.25, 0.3) is 5.91 Å². The van der Waals surface area contributed by atoms with Crippen LogP contribution in [0.15, 0.2) is 49.5 Å². The number of carbonyl (C=O) groups excluding carboxylic acids is 1. The van der Waals surface area contributed by atoms with Crippen LogP contribution in [0.2, 0.25) is 5.02 Å². The van der Waals surface area contributed by atoms with Crippen LogP contribution < -0.4 is 5.43 Å². The van der Waals surface area contributed by atoms with Crippen molar-refractivity contribution in [3.8, 4) is 0 Å². The van der Waals surface area contributed by atoms with Crippen molar-refractivity contribution in [3.63, 3.8) is 0 Å². The minimum atomic E-state index is -0.170. The molecule has 0 bridgehead atoms. The number of aromatic nitrogens is 2. The number of aryl methyl sites for hydroxylation is 1. The van der Waals surface area contributed by atoms with Gasteiger partial charge in [0.2, 0.25) is 0 Å². The second-order valence-electron chi connectivity index (χ2n) is 5.30. The number of benzene rings is 1. The summed E-state index contributed by atoms with van der Waals surface area (Å²) in [5.74, 6) is 0.876. The monoisotopic (exact) mass is 454 g/mol. The highest BCUT2D eigenvalue weighted by Crippen LogP contribution is 2.30. The van der Waals surface area contributed by atoms with Crippen LogP contribution in [0.25, 0.3) is 0 Å². The van der Waals surface area contributed by atoms with Crippen molar-refractivity contribution in [3.05, 3.63) is 56.7 Å². The molecule has 0 fully saturated rings. The van der Waals surface area contributed by atoms with Gasteiger partial charge in [-0.1, -0.05) is 58.6 Å². The largest absolute Gasteiger partial charge is 0.272 e. The Morgan fingerprint density at radius 1 is 1.22 bits per heavy atom. The van der Waals surface area contributed by atoms with Gasteiger partial charge >= 0.3 is 0 Å². The number of rotatable bonds is 8. The van der Waals surface area contributed by atoms with E-state index >= 15 is 0 Å². The third-order valence-corrected chi connectivity index (χ3v) is 7.73. The maximum Gasteiger partial charge on any atom is 0.250 e. The molecule has 0 aliphatic rings. The summed E-state index contributed by atoms with van der Waals surface area (Å²) in [6.07, 6.45) is 1.67. The molecule has 1 amide bonds. The van der Waals surface area contributed by atoms with Gasteiger partial charge in [0.15, 0.2) is 8.68 Å². The van der Waals surface area contributed by atoms with Crippen molar-refractivity contribution >= 4 is 69.9 Å². The number of amides is 1. The second kappa shape index (κ2) is 10.2. The lowest BCUT2D eigenvalue weighted by Gasteiger charge is -1.98. The molecule has 0 aliphatic carbocycles. The van der Waals surface area contributed by atoms with Gasteiger partial charge in [-0.25, -0.2) is 5.43 Å². The molecule has 0 saturated heterocycles. The first-order chi connectivity index (χ1) is 13.1. The lowest BCUT2D eigenvalue weighted by Crippen LogP contribution is -2.19. The summed E-state index contributed by atoms with van der Waals surface area (Å²) in [6.45, 7) is 2.01. The van der Waals surface area contributed by atoms with Crippen molar-refractivity contribution in [1.29, 1.82) is 0 Å². The van der Waals surface area contributed by atoms with Crippen molar-refractivity contribution in [2.24, 2.45) is 5.10 Å². The van der Waals surface area contributed by atoms with E-state index in [1.807, 2.05) is 42.6 Å². The Labute approximate surface area is 178 Å². The van der Waals surface area contributed by atoms with Crippen LogP contribution in [-0.2, 0) is 10.5 Å². The van der Waals surface area contributed by atoms with E-state index in [0.717, 1.165) is 29.9 Å². The number of halogens is 1. The number of hydrogen-bond donors (Lipinski definition) is 1. The molecule has 1 N–H and O–H groups in total.